The number of nitro groups is 1. The number of Topliss-reactive ketones (excluding diaryl/α,β-unsaturated/α-hetero) is 1. The SMILES string of the molecule is COc1ccccc1C(=O)NNc1ncnc(Nc2cccc(C(C)=O)c2)c1[N+](=O)[O-]. The van der Waals surface area contributed by atoms with Crippen LogP contribution in [0.1, 0.15) is 27.6 Å². The van der Waals surface area contributed by atoms with Gasteiger partial charge < -0.3 is 10.1 Å². The number of aromatic nitrogens is 2. The Morgan fingerprint density at radius 2 is 1.81 bits per heavy atom. The maximum Gasteiger partial charge on any atom is 0.355 e. The minimum absolute atomic E-state index is 0.116. The van der Waals surface area contributed by atoms with Crippen molar-refractivity contribution in [3.8, 4) is 5.75 Å². The first kappa shape index (κ1) is 21.2. The third kappa shape index (κ3) is 4.90. The molecular weight excluding hydrogens is 404 g/mol. The van der Waals surface area contributed by atoms with E-state index >= 15 is 0 Å². The lowest BCUT2D eigenvalue weighted by Gasteiger charge is -2.12. The average molecular weight is 422 g/mol. The molecule has 11 nitrogen and oxygen atoms in total. The van der Waals surface area contributed by atoms with Gasteiger partial charge in [-0.2, -0.15) is 0 Å². The highest BCUT2D eigenvalue weighted by Gasteiger charge is 2.24. The molecule has 1 amide bonds. The molecule has 158 valence electrons. The van der Waals surface area contributed by atoms with Crippen molar-refractivity contribution in [2.24, 2.45) is 0 Å². The minimum atomic E-state index is -0.686. The second-order valence-corrected chi connectivity index (χ2v) is 6.22. The molecule has 3 rings (SSSR count). The summed E-state index contributed by atoms with van der Waals surface area (Å²) in [5.41, 5.74) is 5.43. The molecule has 0 spiro atoms. The lowest BCUT2D eigenvalue weighted by molar-refractivity contribution is -0.383. The Balaban J connectivity index is 1.85. The highest BCUT2D eigenvalue weighted by molar-refractivity contribution is 5.98. The van der Waals surface area contributed by atoms with E-state index in [4.69, 9.17) is 4.74 Å². The number of amides is 1. The van der Waals surface area contributed by atoms with Gasteiger partial charge in [0.05, 0.1) is 17.6 Å². The number of carbonyl (C=O) groups is 2. The molecular formula is C20H18N6O5. The molecule has 0 atom stereocenters. The fourth-order valence-corrected chi connectivity index (χ4v) is 2.70. The number of methoxy groups -OCH3 is 1. The van der Waals surface area contributed by atoms with E-state index in [2.05, 4.69) is 26.1 Å². The monoisotopic (exact) mass is 422 g/mol. The Hall–Kier alpha value is -4.54. The maximum absolute atomic E-state index is 12.4. The molecule has 31 heavy (non-hydrogen) atoms. The zero-order valence-corrected chi connectivity index (χ0v) is 16.6. The van der Waals surface area contributed by atoms with Crippen molar-refractivity contribution < 1.29 is 19.2 Å². The molecule has 3 N–H and O–H groups in total. The maximum atomic E-state index is 12.4. The number of ketones is 1. The lowest BCUT2D eigenvalue weighted by Crippen LogP contribution is -2.30. The van der Waals surface area contributed by atoms with E-state index in [-0.39, 0.29) is 23.0 Å². The number of hydrazine groups is 1. The zero-order valence-electron chi connectivity index (χ0n) is 16.6. The third-order valence-corrected chi connectivity index (χ3v) is 4.18. The van der Waals surface area contributed by atoms with E-state index in [0.29, 0.717) is 17.0 Å². The summed E-state index contributed by atoms with van der Waals surface area (Å²) in [7, 11) is 1.42. The second-order valence-electron chi connectivity index (χ2n) is 6.22. The van der Waals surface area contributed by atoms with Crippen LogP contribution >= 0.6 is 0 Å². The first-order valence-electron chi connectivity index (χ1n) is 8.97. The molecule has 0 aliphatic carbocycles. The number of carbonyl (C=O) groups excluding carboxylic acids is 2. The van der Waals surface area contributed by atoms with Crippen molar-refractivity contribution in [1.29, 1.82) is 0 Å². The minimum Gasteiger partial charge on any atom is -0.496 e. The molecule has 11 heteroatoms. The average Bonchev–Trinajstić information content (AvgIpc) is 2.77. The Morgan fingerprint density at radius 1 is 1.06 bits per heavy atom. The van der Waals surface area contributed by atoms with Crippen LogP contribution in [0.3, 0.4) is 0 Å². The number of ether oxygens (including phenoxy) is 1. The highest BCUT2D eigenvalue weighted by atomic mass is 16.6. The molecule has 2 aromatic carbocycles. The van der Waals surface area contributed by atoms with Gasteiger partial charge in [0.15, 0.2) is 5.78 Å². The van der Waals surface area contributed by atoms with Crippen LogP contribution in [0.2, 0.25) is 0 Å². The van der Waals surface area contributed by atoms with E-state index < -0.39 is 16.5 Å². The van der Waals surface area contributed by atoms with Crippen LogP contribution in [0.4, 0.5) is 23.0 Å². The topological polar surface area (TPSA) is 148 Å². The van der Waals surface area contributed by atoms with Gasteiger partial charge in [0, 0.05) is 11.3 Å². The van der Waals surface area contributed by atoms with Crippen molar-refractivity contribution in [3.63, 3.8) is 0 Å². The summed E-state index contributed by atoms with van der Waals surface area (Å²) in [6, 6.07) is 13.0. The fraction of sp³-hybridized carbons (Fsp3) is 0.100. The Morgan fingerprint density at radius 3 is 2.52 bits per heavy atom. The van der Waals surface area contributed by atoms with Gasteiger partial charge >= 0.3 is 5.69 Å². The first-order valence-corrected chi connectivity index (χ1v) is 8.97. The van der Waals surface area contributed by atoms with Gasteiger partial charge in [-0.15, -0.1) is 0 Å². The standard InChI is InChI=1S/C20H18N6O5/c1-12(27)13-6-5-7-14(10-13)23-18-17(26(29)30)19(22-11-21-18)24-25-20(28)15-8-3-4-9-16(15)31-2/h3-11H,1-2H3,(H,25,28)(H2,21,22,23,24). The van der Waals surface area contributed by atoms with Crippen LogP contribution < -0.4 is 20.9 Å². The molecule has 0 aliphatic heterocycles. The Kier molecular flexibility index (Phi) is 6.36. The van der Waals surface area contributed by atoms with Crippen molar-refractivity contribution in [2.75, 3.05) is 17.9 Å². The first-order chi connectivity index (χ1) is 14.9. The summed E-state index contributed by atoms with van der Waals surface area (Å²) < 4.78 is 5.14. The zero-order chi connectivity index (χ0) is 22.4. The smallest absolute Gasteiger partial charge is 0.355 e. The lowest BCUT2D eigenvalue weighted by atomic mass is 10.1. The number of rotatable bonds is 8. The van der Waals surface area contributed by atoms with Crippen LogP contribution in [0.15, 0.2) is 54.9 Å². The normalized spacial score (nSPS) is 10.1. The molecule has 3 aromatic rings. The van der Waals surface area contributed by atoms with E-state index in [0.717, 1.165) is 6.33 Å². The summed E-state index contributed by atoms with van der Waals surface area (Å²) in [4.78, 5) is 42.8. The number of para-hydroxylation sites is 1. The summed E-state index contributed by atoms with van der Waals surface area (Å²) in [6.45, 7) is 1.42. The third-order valence-electron chi connectivity index (χ3n) is 4.18. The fourth-order valence-electron chi connectivity index (χ4n) is 2.70. The van der Waals surface area contributed by atoms with Crippen molar-refractivity contribution in [2.45, 2.75) is 6.92 Å². The summed E-state index contributed by atoms with van der Waals surface area (Å²) >= 11 is 0. The molecule has 0 bridgehead atoms. The van der Waals surface area contributed by atoms with Crippen LogP contribution in [0.5, 0.6) is 5.75 Å². The van der Waals surface area contributed by atoms with E-state index in [1.165, 1.54) is 14.0 Å². The molecule has 0 radical (unpaired) electrons. The van der Waals surface area contributed by atoms with E-state index in [9.17, 15) is 19.7 Å². The Labute approximate surface area is 176 Å². The number of nitrogens with zero attached hydrogens (tertiary/aromatic N) is 3. The van der Waals surface area contributed by atoms with Gasteiger partial charge in [0.1, 0.15) is 12.1 Å². The van der Waals surface area contributed by atoms with Crippen LogP contribution in [0.25, 0.3) is 0 Å². The van der Waals surface area contributed by atoms with Crippen molar-refractivity contribution in [1.82, 2.24) is 15.4 Å². The van der Waals surface area contributed by atoms with Crippen LogP contribution in [-0.2, 0) is 0 Å². The van der Waals surface area contributed by atoms with Gasteiger partial charge in [-0.25, -0.2) is 9.97 Å². The Bertz CT molecular complexity index is 1150. The molecule has 1 aromatic heterocycles. The molecule has 0 unspecified atom stereocenters. The number of nitrogens with one attached hydrogen (secondary N) is 3. The second kappa shape index (κ2) is 9.31. The predicted octanol–water partition coefficient (Wildman–Crippen LogP) is 3.10. The number of benzene rings is 2. The molecule has 0 saturated carbocycles. The van der Waals surface area contributed by atoms with Crippen molar-refractivity contribution >= 4 is 34.7 Å². The molecule has 1 heterocycles. The van der Waals surface area contributed by atoms with E-state index in [1.54, 1.807) is 48.5 Å². The summed E-state index contributed by atoms with van der Waals surface area (Å²) in [5, 5.41) is 14.5. The van der Waals surface area contributed by atoms with Crippen LogP contribution in [0, 0.1) is 10.1 Å². The van der Waals surface area contributed by atoms with E-state index in [1.807, 2.05) is 0 Å². The van der Waals surface area contributed by atoms with Gasteiger partial charge in [0.25, 0.3) is 5.91 Å². The highest BCUT2D eigenvalue weighted by Crippen LogP contribution is 2.31. The number of anilines is 3. The number of hydrogen-bond donors (Lipinski definition) is 3. The van der Waals surface area contributed by atoms with Crippen LogP contribution in [-0.4, -0.2) is 33.7 Å². The van der Waals surface area contributed by atoms with Gasteiger partial charge in [-0.1, -0.05) is 24.3 Å². The van der Waals surface area contributed by atoms with Gasteiger partial charge in [-0.3, -0.25) is 30.6 Å². The number of hydrogen-bond acceptors (Lipinski definition) is 9. The largest absolute Gasteiger partial charge is 0.496 e. The summed E-state index contributed by atoms with van der Waals surface area (Å²) in [6.07, 6.45) is 1.10. The predicted molar refractivity (Wildman–Crippen MR) is 112 cm³/mol. The molecule has 0 aliphatic rings. The molecule has 0 saturated heterocycles. The van der Waals surface area contributed by atoms with Gasteiger partial charge in [-0.05, 0) is 31.2 Å². The quantitative estimate of drug-likeness (QED) is 0.283. The summed E-state index contributed by atoms with van der Waals surface area (Å²) in [5.74, 6) is -0.730. The van der Waals surface area contributed by atoms with Gasteiger partial charge in [0.2, 0.25) is 11.6 Å². The molecule has 0 fully saturated rings. The van der Waals surface area contributed by atoms with Crippen molar-refractivity contribution in [3.05, 3.63) is 76.1 Å².